The van der Waals surface area contributed by atoms with E-state index in [4.69, 9.17) is 10.2 Å². The van der Waals surface area contributed by atoms with E-state index in [-0.39, 0.29) is 5.69 Å². The molecule has 2 aromatic rings. The van der Waals surface area contributed by atoms with Crippen LogP contribution >= 0.6 is 11.5 Å². The van der Waals surface area contributed by atoms with E-state index in [9.17, 15) is 4.79 Å². The Morgan fingerprint density at radius 3 is 2.71 bits per heavy atom. The van der Waals surface area contributed by atoms with Crippen molar-refractivity contribution in [1.29, 1.82) is 0 Å². The molecule has 72 valence electrons. The van der Waals surface area contributed by atoms with Crippen LogP contribution in [0.1, 0.15) is 12.0 Å². The first-order valence-corrected chi connectivity index (χ1v) is 4.72. The summed E-state index contributed by atoms with van der Waals surface area (Å²) in [6.07, 6.45) is -1.80. The van der Waals surface area contributed by atoms with Gasteiger partial charge in [-0.3, -0.25) is 4.79 Å². The van der Waals surface area contributed by atoms with E-state index in [0.717, 1.165) is 16.2 Å². The lowest BCUT2D eigenvalue weighted by molar-refractivity contribution is -0.0460. The third-order valence-corrected chi connectivity index (χ3v) is 2.69. The van der Waals surface area contributed by atoms with E-state index in [0.29, 0.717) is 5.39 Å². The third kappa shape index (κ3) is 1.41. The number of aromatic nitrogens is 1. The molecule has 0 unspecified atom stereocenters. The quantitative estimate of drug-likeness (QED) is 0.676. The summed E-state index contributed by atoms with van der Waals surface area (Å²) in [5.41, 5.74) is -0.636. The predicted octanol–water partition coefficient (Wildman–Crippen LogP) is 0.640. The Balaban J connectivity index is 2.82. The summed E-state index contributed by atoms with van der Waals surface area (Å²) in [5.74, 6) is 0. The Morgan fingerprint density at radius 1 is 1.29 bits per heavy atom. The van der Waals surface area contributed by atoms with Gasteiger partial charge in [-0.1, -0.05) is 12.1 Å². The van der Waals surface area contributed by atoms with E-state index in [2.05, 4.69) is 4.37 Å². The van der Waals surface area contributed by atoms with Crippen LogP contribution in [0.5, 0.6) is 0 Å². The zero-order valence-electron chi connectivity index (χ0n) is 7.04. The Labute approximate surface area is 83.2 Å². The van der Waals surface area contributed by atoms with Crippen LogP contribution in [0.2, 0.25) is 0 Å². The molecule has 0 aliphatic carbocycles. The van der Waals surface area contributed by atoms with Gasteiger partial charge in [0.2, 0.25) is 11.7 Å². The maximum atomic E-state index is 11.6. The summed E-state index contributed by atoms with van der Waals surface area (Å²) in [7, 11) is 0. The summed E-state index contributed by atoms with van der Waals surface area (Å²) < 4.78 is 4.47. The van der Waals surface area contributed by atoms with Crippen LogP contribution < -0.4 is 5.43 Å². The number of hydrogen-bond acceptors (Lipinski definition) is 5. The van der Waals surface area contributed by atoms with E-state index < -0.39 is 11.7 Å². The second-order valence-electron chi connectivity index (χ2n) is 2.77. The van der Waals surface area contributed by atoms with Crippen molar-refractivity contribution in [3.63, 3.8) is 0 Å². The summed E-state index contributed by atoms with van der Waals surface area (Å²) >= 11 is 1.08. The molecular formula is C9H7NO3S. The lowest BCUT2D eigenvalue weighted by atomic mass is 10.2. The third-order valence-electron chi connectivity index (χ3n) is 1.85. The van der Waals surface area contributed by atoms with Gasteiger partial charge in [0.15, 0.2) is 5.69 Å². The van der Waals surface area contributed by atoms with Gasteiger partial charge in [0.05, 0.1) is 4.70 Å². The van der Waals surface area contributed by atoms with Crippen molar-refractivity contribution in [2.45, 2.75) is 6.29 Å². The molecule has 4 nitrogen and oxygen atoms in total. The molecule has 0 fully saturated rings. The Kier molecular flexibility index (Phi) is 2.28. The van der Waals surface area contributed by atoms with Crippen molar-refractivity contribution in [1.82, 2.24) is 4.37 Å². The average molecular weight is 209 g/mol. The average Bonchev–Trinajstić information content (AvgIpc) is 2.18. The number of aliphatic hydroxyl groups excluding tert-OH is 1. The van der Waals surface area contributed by atoms with Crippen LogP contribution in [0.4, 0.5) is 0 Å². The molecule has 2 rings (SSSR count). The van der Waals surface area contributed by atoms with Gasteiger partial charge < -0.3 is 10.2 Å². The van der Waals surface area contributed by atoms with Gasteiger partial charge in [0.25, 0.3) is 0 Å². The number of nitrogens with zero attached hydrogens (tertiary/aromatic N) is 1. The van der Waals surface area contributed by atoms with Gasteiger partial charge in [0, 0.05) is 5.39 Å². The molecule has 1 aromatic heterocycles. The Hall–Kier alpha value is -1.30. The topological polar surface area (TPSA) is 70.4 Å². The number of aliphatic hydroxyl groups is 2. The number of benzene rings is 1. The van der Waals surface area contributed by atoms with Gasteiger partial charge in [0.1, 0.15) is 0 Å². The standard InChI is InChI=1S/C9H7NO3S/c11-8-5-3-1-2-4-6(5)14-10-7(8)9(12)13/h1-4,9,12-13H. The van der Waals surface area contributed by atoms with Crippen LogP contribution in [0.15, 0.2) is 29.1 Å². The summed E-state index contributed by atoms with van der Waals surface area (Å²) in [6, 6.07) is 6.93. The molecule has 0 amide bonds. The van der Waals surface area contributed by atoms with Crippen molar-refractivity contribution in [3.8, 4) is 0 Å². The molecule has 0 aliphatic rings. The van der Waals surface area contributed by atoms with E-state index in [1.165, 1.54) is 0 Å². The van der Waals surface area contributed by atoms with Crippen LogP contribution in [0.3, 0.4) is 0 Å². The van der Waals surface area contributed by atoms with Gasteiger partial charge in [-0.05, 0) is 23.7 Å². The van der Waals surface area contributed by atoms with Crippen molar-refractivity contribution in [3.05, 3.63) is 40.2 Å². The van der Waals surface area contributed by atoms with E-state index in [1.807, 2.05) is 0 Å². The van der Waals surface area contributed by atoms with Crippen molar-refractivity contribution >= 4 is 21.6 Å². The summed E-state index contributed by atoms with van der Waals surface area (Å²) in [6.45, 7) is 0. The number of rotatable bonds is 1. The van der Waals surface area contributed by atoms with Crippen molar-refractivity contribution in [2.24, 2.45) is 0 Å². The minimum Gasteiger partial charge on any atom is -0.363 e. The van der Waals surface area contributed by atoms with Gasteiger partial charge in [-0.2, -0.15) is 4.37 Å². The number of hydrogen-bond donors (Lipinski definition) is 2. The zero-order valence-corrected chi connectivity index (χ0v) is 7.86. The molecule has 0 spiro atoms. The van der Waals surface area contributed by atoms with E-state index >= 15 is 0 Å². The van der Waals surface area contributed by atoms with Gasteiger partial charge in [-0.15, -0.1) is 0 Å². The van der Waals surface area contributed by atoms with Crippen molar-refractivity contribution < 1.29 is 10.2 Å². The SMILES string of the molecule is O=c1c(C(O)O)nsc2ccccc12. The first-order chi connectivity index (χ1) is 6.70. The first-order valence-electron chi connectivity index (χ1n) is 3.95. The Morgan fingerprint density at radius 2 is 2.00 bits per heavy atom. The maximum absolute atomic E-state index is 11.6. The second kappa shape index (κ2) is 3.45. The molecule has 0 saturated carbocycles. The molecule has 14 heavy (non-hydrogen) atoms. The fourth-order valence-electron chi connectivity index (χ4n) is 1.18. The molecule has 0 radical (unpaired) electrons. The largest absolute Gasteiger partial charge is 0.363 e. The predicted molar refractivity (Wildman–Crippen MR) is 53.1 cm³/mol. The highest BCUT2D eigenvalue weighted by Crippen LogP contribution is 2.15. The summed E-state index contributed by atoms with van der Waals surface area (Å²) in [5, 5.41) is 18.2. The minimum atomic E-state index is -1.80. The van der Waals surface area contributed by atoms with E-state index in [1.54, 1.807) is 24.3 Å². The van der Waals surface area contributed by atoms with Gasteiger partial charge >= 0.3 is 0 Å². The molecule has 0 saturated heterocycles. The second-order valence-corrected chi connectivity index (χ2v) is 3.57. The number of fused-ring (bicyclic) bond motifs is 1. The molecule has 1 heterocycles. The van der Waals surface area contributed by atoms with Gasteiger partial charge in [-0.25, -0.2) is 0 Å². The summed E-state index contributed by atoms with van der Waals surface area (Å²) in [4.78, 5) is 11.6. The lowest BCUT2D eigenvalue weighted by Gasteiger charge is -2.01. The van der Waals surface area contributed by atoms with Crippen LogP contribution in [-0.2, 0) is 0 Å². The molecule has 0 bridgehead atoms. The minimum absolute atomic E-state index is 0.214. The zero-order chi connectivity index (χ0) is 10.1. The monoisotopic (exact) mass is 209 g/mol. The molecule has 5 heteroatoms. The smallest absolute Gasteiger partial charge is 0.214 e. The highest BCUT2D eigenvalue weighted by molar-refractivity contribution is 7.12. The maximum Gasteiger partial charge on any atom is 0.214 e. The fraction of sp³-hybridized carbons (Fsp3) is 0.111. The molecule has 0 atom stereocenters. The van der Waals surface area contributed by atoms with Crippen LogP contribution in [0.25, 0.3) is 10.1 Å². The normalized spacial score (nSPS) is 11.1. The highest BCUT2D eigenvalue weighted by atomic mass is 32.1. The first kappa shape index (κ1) is 9.26. The highest BCUT2D eigenvalue weighted by Gasteiger charge is 2.12. The molecule has 0 aliphatic heterocycles. The molecule has 1 aromatic carbocycles. The fourth-order valence-corrected chi connectivity index (χ4v) is 1.95. The Bertz CT molecular complexity index is 521. The van der Waals surface area contributed by atoms with Crippen LogP contribution in [0, 0.1) is 0 Å². The molecular weight excluding hydrogens is 202 g/mol. The van der Waals surface area contributed by atoms with Crippen molar-refractivity contribution in [2.75, 3.05) is 0 Å². The van der Waals surface area contributed by atoms with Crippen LogP contribution in [-0.4, -0.2) is 14.6 Å². The lowest BCUT2D eigenvalue weighted by Crippen LogP contribution is -2.14. The molecule has 2 N–H and O–H groups in total.